The zero-order valence-corrected chi connectivity index (χ0v) is 17.1. The number of aryl methyl sites for hydroxylation is 1. The molecule has 2 amide bonds. The number of fused-ring (bicyclic) bond motifs is 1. The van der Waals surface area contributed by atoms with E-state index in [4.69, 9.17) is 0 Å². The van der Waals surface area contributed by atoms with E-state index in [0.717, 1.165) is 43.3 Å². The number of likely N-dealkylation sites (N-methyl/N-ethyl adjacent to an activating group) is 1. The largest absolute Gasteiger partial charge is 0.338 e. The van der Waals surface area contributed by atoms with Gasteiger partial charge in [-0.05, 0) is 50.8 Å². The molecule has 0 N–H and O–H groups in total. The monoisotopic (exact) mass is 382 g/mol. The maximum atomic E-state index is 13.5. The minimum absolute atomic E-state index is 0.00496. The summed E-state index contributed by atoms with van der Waals surface area (Å²) >= 11 is 0. The van der Waals surface area contributed by atoms with E-state index in [9.17, 15) is 9.59 Å². The van der Waals surface area contributed by atoms with E-state index >= 15 is 0 Å². The summed E-state index contributed by atoms with van der Waals surface area (Å²) in [6.45, 7) is 6.97. The van der Waals surface area contributed by atoms with Crippen LogP contribution in [-0.4, -0.2) is 55.7 Å². The summed E-state index contributed by atoms with van der Waals surface area (Å²) in [5.41, 5.74) is 2.30. The number of pyridine rings is 1. The number of hydrogen-bond donors (Lipinski definition) is 0. The quantitative estimate of drug-likeness (QED) is 0.817. The molecule has 1 saturated heterocycles. The molecule has 1 aliphatic carbocycles. The average molecular weight is 383 g/mol. The van der Waals surface area contributed by atoms with Crippen LogP contribution in [0, 0.1) is 6.92 Å². The Bertz CT molecular complexity index is 897. The van der Waals surface area contributed by atoms with Crippen LogP contribution in [0.15, 0.2) is 24.5 Å². The van der Waals surface area contributed by atoms with Crippen LogP contribution in [0.1, 0.15) is 68.4 Å². The molecular weight excluding hydrogens is 352 g/mol. The third-order valence-corrected chi connectivity index (χ3v) is 6.63. The molecule has 2 aromatic heterocycles. The highest BCUT2D eigenvalue weighted by Crippen LogP contribution is 2.43. The Morgan fingerprint density at radius 3 is 2.71 bits per heavy atom. The van der Waals surface area contributed by atoms with E-state index in [2.05, 4.69) is 9.88 Å². The van der Waals surface area contributed by atoms with Gasteiger partial charge < -0.3 is 14.2 Å². The summed E-state index contributed by atoms with van der Waals surface area (Å²) in [6, 6.07) is 4.11. The van der Waals surface area contributed by atoms with Gasteiger partial charge in [0.15, 0.2) is 0 Å². The molecule has 28 heavy (non-hydrogen) atoms. The highest BCUT2D eigenvalue weighted by atomic mass is 16.2. The van der Waals surface area contributed by atoms with Crippen LogP contribution in [0.3, 0.4) is 0 Å². The molecular formula is C22H30N4O2. The smallest absolute Gasteiger partial charge is 0.274 e. The molecule has 3 heterocycles. The first-order valence-corrected chi connectivity index (χ1v) is 10.5. The second kappa shape index (κ2) is 7.22. The average Bonchev–Trinajstić information content (AvgIpc) is 3.24. The lowest BCUT2D eigenvalue weighted by atomic mass is 9.79. The van der Waals surface area contributed by atoms with E-state index < -0.39 is 0 Å². The van der Waals surface area contributed by atoms with Gasteiger partial charge in [0.2, 0.25) is 5.91 Å². The molecule has 1 spiro atoms. The Kier molecular flexibility index (Phi) is 4.89. The molecule has 150 valence electrons. The summed E-state index contributed by atoms with van der Waals surface area (Å²) in [7, 11) is 0. The van der Waals surface area contributed by atoms with Crippen LogP contribution in [0.25, 0.3) is 5.65 Å². The second-order valence-electron chi connectivity index (χ2n) is 8.46. The van der Waals surface area contributed by atoms with Crippen molar-refractivity contribution in [1.82, 2.24) is 19.2 Å². The number of hydrogen-bond acceptors (Lipinski definition) is 3. The van der Waals surface area contributed by atoms with E-state index in [-0.39, 0.29) is 23.4 Å². The van der Waals surface area contributed by atoms with Crippen molar-refractivity contribution in [2.24, 2.45) is 0 Å². The molecule has 1 aliphatic heterocycles. The maximum Gasteiger partial charge on any atom is 0.274 e. The zero-order chi connectivity index (χ0) is 19.9. The number of imidazole rings is 1. The molecule has 1 saturated carbocycles. The van der Waals surface area contributed by atoms with E-state index in [1.807, 2.05) is 47.7 Å². The van der Waals surface area contributed by atoms with E-state index in [1.54, 1.807) is 6.92 Å². The van der Waals surface area contributed by atoms with Crippen LogP contribution in [0.4, 0.5) is 0 Å². The van der Waals surface area contributed by atoms with Crippen molar-refractivity contribution >= 4 is 17.5 Å². The van der Waals surface area contributed by atoms with Gasteiger partial charge in [-0.25, -0.2) is 4.98 Å². The minimum Gasteiger partial charge on any atom is -0.338 e. The van der Waals surface area contributed by atoms with Gasteiger partial charge in [0.1, 0.15) is 11.3 Å². The van der Waals surface area contributed by atoms with Crippen molar-refractivity contribution in [2.45, 2.75) is 70.9 Å². The van der Waals surface area contributed by atoms with Crippen molar-refractivity contribution in [3.05, 3.63) is 35.8 Å². The minimum atomic E-state index is -0.130. The van der Waals surface area contributed by atoms with Crippen molar-refractivity contribution in [2.75, 3.05) is 13.1 Å². The number of aromatic nitrogens is 2. The van der Waals surface area contributed by atoms with Crippen molar-refractivity contribution in [3.8, 4) is 0 Å². The lowest BCUT2D eigenvalue weighted by Gasteiger charge is -2.41. The molecule has 4 rings (SSSR count). The standard InChI is InChI=1S/C22H30N4O2/c1-4-25(17(3)27)18-13-22(9-6-5-7-10-22)26(14-18)21(28)19-15-24-11-8-16(2)12-20(24)23-19/h8,11-12,15,18H,4-7,9-10,13-14H2,1-3H3/t18-/m0/s1. The Morgan fingerprint density at radius 2 is 2.04 bits per heavy atom. The van der Waals surface area contributed by atoms with Gasteiger partial charge in [0.25, 0.3) is 5.91 Å². The van der Waals surface area contributed by atoms with E-state index in [0.29, 0.717) is 18.8 Å². The number of carbonyl (C=O) groups excluding carboxylic acids is 2. The lowest BCUT2D eigenvalue weighted by molar-refractivity contribution is -0.130. The first-order chi connectivity index (χ1) is 13.4. The van der Waals surface area contributed by atoms with Crippen LogP contribution in [-0.2, 0) is 4.79 Å². The summed E-state index contributed by atoms with van der Waals surface area (Å²) in [5.74, 6) is 0.0984. The summed E-state index contributed by atoms with van der Waals surface area (Å²) in [4.78, 5) is 34.3. The number of likely N-dealkylation sites (tertiary alicyclic amines) is 1. The van der Waals surface area contributed by atoms with Crippen molar-refractivity contribution in [3.63, 3.8) is 0 Å². The fraction of sp³-hybridized carbons (Fsp3) is 0.591. The van der Waals surface area contributed by atoms with Gasteiger partial charge in [-0.1, -0.05) is 19.3 Å². The molecule has 1 atom stereocenters. The predicted octanol–water partition coefficient (Wildman–Crippen LogP) is 3.43. The zero-order valence-electron chi connectivity index (χ0n) is 17.1. The Hall–Kier alpha value is -2.37. The molecule has 2 fully saturated rings. The van der Waals surface area contributed by atoms with Gasteiger partial charge in [0.05, 0.1) is 6.04 Å². The Morgan fingerprint density at radius 1 is 1.29 bits per heavy atom. The second-order valence-corrected chi connectivity index (χ2v) is 8.46. The summed E-state index contributed by atoms with van der Waals surface area (Å²) in [5, 5.41) is 0. The molecule has 0 radical (unpaired) electrons. The molecule has 0 bridgehead atoms. The SMILES string of the molecule is CCN(C(C)=O)[C@@H]1CN(C(=O)c2cn3ccc(C)cc3n2)C2(CCCCC2)C1. The fourth-order valence-electron chi connectivity index (χ4n) is 5.27. The van der Waals surface area contributed by atoms with Gasteiger partial charge in [-0.15, -0.1) is 0 Å². The molecule has 2 aliphatic rings. The molecule has 0 aromatic carbocycles. The van der Waals surface area contributed by atoms with Crippen LogP contribution in [0.2, 0.25) is 0 Å². The van der Waals surface area contributed by atoms with Gasteiger partial charge in [-0.3, -0.25) is 9.59 Å². The first kappa shape index (κ1) is 19.0. The first-order valence-electron chi connectivity index (χ1n) is 10.5. The van der Waals surface area contributed by atoms with Gasteiger partial charge in [0, 0.05) is 37.9 Å². The molecule has 2 aromatic rings. The third-order valence-electron chi connectivity index (χ3n) is 6.63. The van der Waals surface area contributed by atoms with E-state index in [1.165, 1.54) is 6.42 Å². The number of rotatable bonds is 3. The van der Waals surface area contributed by atoms with Gasteiger partial charge in [-0.2, -0.15) is 0 Å². The maximum absolute atomic E-state index is 13.5. The van der Waals surface area contributed by atoms with Crippen molar-refractivity contribution in [1.29, 1.82) is 0 Å². The Labute approximate surface area is 166 Å². The van der Waals surface area contributed by atoms with Crippen LogP contribution in [0.5, 0.6) is 0 Å². The normalized spacial score (nSPS) is 21.4. The van der Waals surface area contributed by atoms with Crippen molar-refractivity contribution < 1.29 is 9.59 Å². The predicted molar refractivity (Wildman–Crippen MR) is 108 cm³/mol. The molecule has 0 unspecified atom stereocenters. The third kappa shape index (κ3) is 3.19. The Balaban J connectivity index is 1.67. The highest BCUT2D eigenvalue weighted by molar-refractivity contribution is 5.94. The van der Waals surface area contributed by atoms with Crippen LogP contribution < -0.4 is 0 Å². The summed E-state index contributed by atoms with van der Waals surface area (Å²) in [6.07, 6.45) is 10.2. The number of nitrogens with zero attached hydrogens (tertiary/aromatic N) is 4. The summed E-state index contributed by atoms with van der Waals surface area (Å²) < 4.78 is 1.91. The fourth-order valence-corrected chi connectivity index (χ4v) is 5.27. The molecule has 6 nitrogen and oxygen atoms in total. The van der Waals surface area contributed by atoms with Gasteiger partial charge >= 0.3 is 0 Å². The number of carbonyl (C=O) groups is 2. The van der Waals surface area contributed by atoms with Crippen LogP contribution >= 0.6 is 0 Å². The molecule has 6 heteroatoms. The topological polar surface area (TPSA) is 57.9 Å². The highest BCUT2D eigenvalue weighted by Gasteiger charge is 2.50. The lowest BCUT2D eigenvalue weighted by Crippen LogP contribution is -2.48. The number of amides is 2.